The van der Waals surface area contributed by atoms with E-state index in [1.165, 1.54) is 22.3 Å². The van der Waals surface area contributed by atoms with E-state index in [1.807, 2.05) is 0 Å². The Hall–Kier alpha value is -1.64. The van der Waals surface area contributed by atoms with E-state index < -0.39 is 0 Å². The zero-order valence-corrected chi connectivity index (χ0v) is 16.0. The molecular formula is C22H32N2. The van der Waals surface area contributed by atoms with Crippen LogP contribution in [0.5, 0.6) is 0 Å². The van der Waals surface area contributed by atoms with Gasteiger partial charge in [-0.2, -0.15) is 0 Å². The van der Waals surface area contributed by atoms with E-state index in [9.17, 15) is 0 Å². The molecule has 0 aliphatic carbocycles. The van der Waals surface area contributed by atoms with Gasteiger partial charge in [0.15, 0.2) is 0 Å². The van der Waals surface area contributed by atoms with Gasteiger partial charge in [0.2, 0.25) is 0 Å². The molecule has 2 nitrogen and oxygen atoms in total. The molecule has 0 aliphatic heterocycles. The molecule has 0 amide bonds. The van der Waals surface area contributed by atoms with E-state index in [1.54, 1.807) is 0 Å². The number of benzene rings is 2. The summed E-state index contributed by atoms with van der Waals surface area (Å²) in [7, 11) is 0. The lowest BCUT2D eigenvalue weighted by Gasteiger charge is -2.21. The maximum absolute atomic E-state index is 3.52. The van der Waals surface area contributed by atoms with Crippen LogP contribution in [0, 0.1) is 0 Å². The first-order chi connectivity index (χ1) is 11.1. The molecule has 0 bridgehead atoms. The first-order valence-corrected chi connectivity index (χ1v) is 8.81. The van der Waals surface area contributed by atoms with Gasteiger partial charge in [-0.1, -0.05) is 48.5 Å². The third kappa shape index (κ3) is 6.46. The van der Waals surface area contributed by atoms with Crippen molar-refractivity contribution in [2.24, 2.45) is 0 Å². The van der Waals surface area contributed by atoms with Gasteiger partial charge in [-0.15, -0.1) is 0 Å². The van der Waals surface area contributed by atoms with Gasteiger partial charge in [0.05, 0.1) is 0 Å². The van der Waals surface area contributed by atoms with Gasteiger partial charge < -0.3 is 10.6 Å². The van der Waals surface area contributed by atoms with Crippen molar-refractivity contribution >= 4 is 0 Å². The van der Waals surface area contributed by atoms with Crippen LogP contribution in [0.2, 0.25) is 0 Å². The Balaban J connectivity index is 1.99. The molecule has 2 rings (SSSR count). The van der Waals surface area contributed by atoms with Crippen molar-refractivity contribution in [3.8, 4) is 11.1 Å². The lowest BCUT2D eigenvalue weighted by atomic mass is 10.0. The van der Waals surface area contributed by atoms with Gasteiger partial charge in [0, 0.05) is 24.2 Å². The molecule has 0 aliphatic rings. The van der Waals surface area contributed by atoms with Crippen LogP contribution >= 0.6 is 0 Å². The highest BCUT2D eigenvalue weighted by molar-refractivity contribution is 5.63. The maximum Gasteiger partial charge on any atom is 0.0210 e. The van der Waals surface area contributed by atoms with Crippen LogP contribution in [0.3, 0.4) is 0 Å². The fourth-order valence-corrected chi connectivity index (χ4v) is 2.36. The zero-order chi connectivity index (χ0) is 17.8. The predicted molar refractivity (Wildman–Crippen MR) is 105 cm³/mol. The highest BCUT2D eigenvalue weighted by Gasteiger charge is 2.09. The Labute approximate surface area is 147 Å². The highest BCUT2D eigenvalue weighted by atomic mass is 14.9. The smallest absolute Gasteiger partial charge is 0.0210 e. The van der Waals surface area contributed by atoms with Gasteiger partial charge in [0.1, 0.15) is 0 Å². The van der Waals surface area contributed by atoms with Gasteiger partial charge >= 0.3 is 0 Å². The van der Waals surface area contributed by atoms with Crippen LogP contribution in [-0.4, -0.2) is 11.1 Å². The molecule has 0 saturated heterocycles. The molecule has 2 aromatic carbocycles. The van der Waals surface area contributed by atoms with E-state index >= 15 is 0 Å². The molecule has 0 heterocycles. The molecule has 0 aromatic heterocycles. The monoisotopic (exact) mass is 324 g/mol. The molecular weight excluding hydrogens is 292 g/mol. The number of hydrogen-bond donors (Lipinski definition) is 2. The molecule has 2 heteroatoms. The first kappa shape index (κ1) is 18.7. The average molecular weight is 325 g/mol. The van der Waals surface area contributed by atoms with E-state index in [-0.39, 0.29) is 11.1 Å². The normalized spacial score (nSPS) is 12.4. The van der Waals surface area contributed by atoms with Crippen LogP contribution < -0.4 is 10.6 Å². The quantitative estimate of drug-likeness (QED) is 0.796. The third-order valence-electron chi connectivity index (χ3n) is 3.89. The van der Waals surface area contributed by atoms with E-state index in [0.717, 1.165) is 13.1 Å². The first-order valence-electron chi connectivity index (χ1n) is 8.81. The second kappa shape index (κ2) is 7.50. The largest absolute Gasteiger partial charge is 0.308 e. The lowest BCUT2D eigenvalue weighted by molar-refractivity contribution is 0.424. The van der Waals surface area contributed by atoms with E-state index in [2.05, 4.69) is 101 Å². The predicted octanol–water partition coefficient (Wildman–Crippen LogP) is 5.13. The molecule has 0 radical (unpaired) electrons. The molecule has 2 aromatic rings. The summed E-state index contributed by atoms with van der Waals surface area (Å²) in [5.74, 6) is 0. The topological polar surface area (TPSA) is 24.1 Å². The maximum atomic E-state index is 3.52. The Morgan fingerprint density at radius 2 is 0.833 bits per heavy atom. The summed E-state index contributed by atoms with van der Waals surface area (Å²) in [4.78, 5) is 0. The standard InChI is InChI=1S/C22H32N2/c1-21(2,3)23-15-17-7-11-19(12-8-17)20-13-9-18(10-14-20)16-24-22(4,5)6/h7-14,23-24H,15-16H2,1-6H3. The number of hydrogen-bond acceptors (Lipinski definition) is 2. The Bertz CT molecular complexity index is 566. The van der Waals surface area contributed by atoms with Crippen molar-refractivity contribution in [3.05, 3.63) is 59.7 Å². The van der Waals surface area contributed by atoms with Crippen molar-refractivity contribution in [2.45, 2.75) is 65.7 Å². The summed E-state index contributed by atoms with van der Waals surface area (Å²) in [5, 5.41) is 7.05. The van der Waals surface area contributed by atoms with Crippen molar-refractivity contribution in [1.29, 1.82) is 0 Å². The van der Waals surface area contributed by atoms with Crippen molar-refractivity contribution < 1.29 is 0 Å². The van der Waals surface area contributed by atoms with Crippen LogP contribution in [-0.2, 0) is 13.1 Å². The summed E-state index contributed by atoms with van der Waals surface area (Å²) in [5.41, 5.74) is 5.47. The van der Waals surface area contributed by atoms with Crippen molar-refractivity contribution in [2.75, 3.05) is 0 Å². The molecule has 0 spiro atoms. The molecule has 0 saturated carbocycles. The summed E-state index contributed by atoms with van der Waals surface area (Å²) < 4.78 is 0. The average Bonchev–Trinajstić information content (AvgIpc) is 2.51. The lowest BCUT2D eigenvalue weighted by Crippen LogP contribution is -2.35. The molecule has 24 heavy (non-hydrogen) atoms. The van der Waals surface area contributed by atoms with E-state index in [4.69, 9.17) is 0 Å². The van der Waals surface area contributed by atoms with Crippen LogP contribution in [0.15, 0.2) is 48.5 Å². The molecule has 130 valence electrons. The second-order valence-corrected chi connectivity index (χ2v) is 8.60. The third-order valence-corrected chi connectivity index (χ3v) is 3.89. The summed E-state index contributed by atoms with van der Waals surface area (Å²) in [6.45, 7) is 15.0. The minimum Gasteiger partial charge on any atom is -0.308 e. The van der Waals surface area contributed by atoms with Gasteiger partial charge in [-0.3, -0.25) is 0 Å². The van der Waals surface area contributed by atoms with Crippen molar-refractivity contribution in [3.63, 3.8) is 0 Å². The summed E-state index contributed by atoms with van der Waals surface area (Å²) >= 11 is 0. The number of nitrogens with one attached hydrogen (secondary N) is 2. The highest BCUT2D eigenvalue weighted by Crippen LogP contribution is 2.21. The molecule has 0 atom stereocenters. The molecule has 0 unspecified atom stereocenters. The fraction of sp³-hybridized carbons (Fsp3) is 0.455. The van der Waals surface area contributed by atoms with Crippen LogP contribution in [0.25, 0.3) is 11.1 Å². The second-order valence-electron chi connectivity index (χ2n) is 8.60. The minimum atomic E-state index is 0.148. The minimum absolute atomic E-state index is 0.148. The Morgan fingerprint density at radius 1 is 0.542 bits per heavy atom. The fourth-order valence-electron chi connectivity index (χ4n) is 2.36. The SMILES string of the molecule is CC(C)(C)NCc1ccc(-c2ccc(CNC(C)(C)C)cc2)cc1. The molecule has 0 fully saturated rings. The van der Waals surface area contributed by atoms with Gasteiger partial charge in [-0.25, -0.2) is 0 Å². The summed E-state index contributed by atoms with van der Waals surface area (Å²) in [6, 6.07) is 17.7. The van der Waals surface area contributed by atoms with Crippen LogP contribution in [0.1, 0.15) is 52.7 Å². The number of rotatable bonds is 5. The van der Waals surface area contributed by atoms with Crippen LogP contribution in [0.4, 0.5) is 0 Å². The van der Waals surface area contributed by atoms with Crippen molar-refractivity contribution in [1.82, 2.24) is 10.6 Å². The zero-order valence-electron chi connectivity index (χ0n) is 16.0. The van der Waals surface area contributed by atoms with Gasteiger partial charge in [0.25, 0.3) is 0 Å². The summed E-state index contributed by atoms with van der Waals surface area (Å²) in [6.07, 6.45) is 0. The van der Waals surface area contributed by atoms with E-state index in [0.29, 0.717) is 0 Å². The molecule has 2 N–H and O–H groups in total. The Morgan fingerprint density at radius 3 is 1.08 bits per heavy atom. The Kier molecular flexibility index (Phi) is 5.84. The van der Waals surface area contributed by atoms with Gasteiger partial charge in [-0.05, 0) is 63.8 Å².